The molecule has 0 radical (unpaired) electrons. The largest absolute Gasteiger partial charge is 0.322 e. The topological polar surface area (TPSA) is 84.7 Å². The van der Waals surface area contributed by atoms with Gasteiger partial charge in [0.25, 0.3) is 0 Å². The van der Waals surface area contributed by atoms with Gasteiger partial charge >= 0.3 is 0 Å². The summed E-state index contributed by atoms with van der Waals surface area (Å²) in [6.45, 7) is 0. The van der Waals surface area contributed by atoms with Crippen molar-refractivity contribution in [3.8, 4) is 5.95 Å². The van der Waals surface area contributed by atoms with Crippen molar-refractivity contribution in [3.63, 3.8) is 0 Å². The molecule has 7 heteroatoms. The van der Waals surface area contributed by atoms with Crippen molar-refractivity contribution < 1.29 is 4.79 Å². The van der Waals surface area contributed by atoms with E-state index in [1.165, 1.54) is 25.7 Å². The molecular weight excluding hydrogens is 292 g/mol. The van der Waals surface area contributed by atoms with Gasteiger partial charge in [-0.1, -0.05) is 12.8 Å². The molecule has 1 aliphatic heterocycles. The van der Waals surface area contributed by atoms with Gasteiger partial charge < -0.3 is 10.6 Å². The Balaban J connectivity index is 1.41. The molecule has 1 amide bonds. The molecular formula is C16H20N6O. The van der Waals surface area contributed by atoms with E-state index in [2.05, 4.69) is 25.7 Å². The highest BCUT2D eigenvalue weighted by molar-refractivity contribution is 5.94. The van der Waals surface area contributed by atoms with Crippen LogP contribution >= 0.6 is 0 Å². The molecule has 0 bridgehead atoms. The number of aromatic nitrogens is 4. The summed E-state index contributed by atoms with van der Waals surface area (Å²) in [6.07, 6.45) is 12.6. The molecule has 3 unspecified atom stereocenters. The molecule has 23 heavy (non-hydrogen) atoms. The predicted molar refractivity (Wildman–Crippen MR) is 85.1 cm³/mol. The van der Waals surface area contributed by atoms with Gasteiger partial charge in [-0.15, -0.1) is 0 Å². The van der Waals surface area contributed by atoms with E-state index in [1.54, 1.807) is 35.5 Å². The fourth-order valence-electron chi connectivity index (χ4n) is 3.66. The summed E-state index contributed by atoms with van der Waals surface area (Å²) in [5.41, 5.74) is 0.666. The molecule has 0 spiro atoms. The van der Waals surface area contributed by atoms with E-state index in [0.717, 1.165) is 6.42 Å². The van der Waals surface area contributed by atoms with Crippen molar-refractivity contribution in [1.82, 2.24) is 25.1 Å². The number of hydrogen-bond donors (Lipinski definition) is 2. The van der Waals surface area contributed by atoms with Crippen LogP contribution in [-0.2, 0) is 4.79 Å². The summed E-state index contributed by atoms with van der Waals surface area (Å²) in [7, 11) is 0. The minimum Gasteiger partial charge on any atom is -0.322 e. The summed E-state index contributed by atoms with van der Waals surface area (Å²) < 4.78 is 1.55. The first-order valence-electron chi connectivity index (χ1n) is 8.18. The lowest BCUT2D eigenvalue weighted by Crippen LogP contribution is -2.39. The predicted octanol–water partition coefficient (Wildman–Crippen LogP) is 1.52. The third-order valence-electron chi connectivity index (χ3n) is 4.79. The lowest BCUT2D eigenvalue weighted by atomic mass is 9.85. The van der Waals surface area contributed by atoms with Crippen molar-refractivity contribution in [2.24, 2.45) is 5.92 Å². The minimum absolute atomic E-state index is 0.0212. The summed E-state index contributed by atoms with van der Waals surface area (Å²) in [6, 6.07) is 2.17. The van der Waals surface area contributed by atoms with Gasteiger partial charge in [0, 0.05) is 18.4 Å². The van der Waals surface area contributed by atoms with Gasteiger partial charge in [-0.3, -0.25) is 4.79 Å². The quantitative estimate of drug-likeness (QED) is 0.897. The monoisotopic (exact) mass is 312 g/mol. The second-order valence-corrected chi connectivity index (χ2v) is 6.32. The number of nitrogens with zero attached hydrogens (tertiary/aromatic N) is 4. The highest BCUT2D eigenvalue weighted by Crippen LogP contribution is 2.33. The fourth-order valence-corrected chi connectivity index (χ4v) is 3.66. The van der Waals surface area contributed by atoms with Gasteiger partial charge in [0.05, 0.1) is 24.1 Å². The molecule has 2 fully saturated rings. The van der Waals surface area contributed by atoms with Crippen molar-refractivity contribution in [1.29, 1.82) is 0 Å². The molecule has 120 valence electrons. The Labute approximate surface area is 134 Å². The molecule has 1 aliphatic carbocycles. The van der Waals surface area contributed by atoms with Crippen LogP contribution < -0.4 is 10.6 Å². The van der Waals surface area contributed by atoms with Crippen LogP contribution in [0, 0.1) is 5.92 Å². The van der Waals surface area contributed by atoms with Crippen LogP contribution in [0.2, 0.25) is 0 Å². The van der Waals surface area contributed by atoms with E-state index in [1.807, 2.05) is 0 Å². The van der Waals surface area contributed by atoms with Crippen LogP contribution in [0.5, 0.6) is 0 Å². The molecule has 4 rings (SSSR count). The van der Waals surface area contributed by atoms with Crippen molar-refractivity contribution in [2.45, 2.75) is 44.2 Å². The lowest BCUT2D eigenvalue weighted by molar-refractivity contribution is -0.117. The number of anilines is 1. The van der Waals surface area contributed by atoms with Gasteiger partial charge in [-0.05, 0) is 31.2 Å². The average Bonchev–Trinajstić information content (AvgIpc) is 3.22. The minimum atomic E-state index is -0.0978. The zero-order chi connectivity index (χ0) is 15.6. The number of amides is 1. The average molecular weight is 312 g/mol. The molecule has 2 aliphatic rings. The number of carbonyl (C=O) groups excluding carboxylic acids is 1. The van der Waals surface area contributed by atoms with Crippen LogP contribution in [0.15, 0.2) is 30.9 Å². The fraction of sp³-hybridized carbons (Fsp3) is 0.500. The Hall–Kier alpha value is -2.28. The molecule has 3 heterocycles. The number of nitrogens with one attached hydrogen (secondary N) is 2. The highest BCUT2D eigenvalue weighted by Gasteiger charge is 2.38. The normalized spacial score (nSPS) is 26.7. The van der Waals surface area contributed by atoms with Crippen molar-refractivity contribution >= 4 is 11.6 Å². The molecule has 2 aromatic rings. The van der Waals surface area contributed by atoms with Crippen LogP contribution in [0.25, 0.3) is 5.95 Å². The summed E-state index contributed by atoms with van der Waals surface area (Å²) in [4.78, 5) is 20.7. The molecule has 1 saturated heterocycles. The smallest absolute Gasteiger partial charge is 0.250 e. The Bertz CT molecular complexity index is 671. The number of carbonyl (C=O) groups is 1. The summed E-state index contributed by atoms with van der Waals surface area (Å²) in [5, 5.41) is 10.6. The van der Waals surface area contributed by atoms with Crippen LogP contribution in [0.1, 0.15) is 32.1 Å². The number of fused-ring (bicyclic) bond motifs is 1. The number of hydrogen-bond acceptors (Lipinski definition) is 5. The molecule has 7 nitrogen and oxygen atoms in total. The molecule has 2 aromatic heterocycles. The van der Waals surface area contributed by atoms with Gasteiger partial charge in [-0.25, -0.2) is 14.6 Å². The van der Waals surface area contributed by atoms with Crippen LogP contribution in [0.4, 0.5) is 5.69 Å². The maximum atomic E-state index is 12.5. The van der Waals surface area contributed by atoms with Gasteiger partial charge in [0.2, 0.25) is 11.9 Å². The third kappa shape index (κ3) is 2.96. The Morgan fingerprint density at radius 3 is 2.91 bits per heavy atom. The van der Waals surface area contributed by atoms with Gasteiger partial charge in [-0.2, -0.15) is 5.10 Å². The van der Waals surface area contributed by atoms with Crippen LogP contribution in [0.3, 0.4) is 0 Å². The van der Waals surface area contributed by atoms with E-state index in [-0.39, 0.29) is 11.9 Å². The van der Waals surface area contributed by atoms with Crippen LogP contribution in [-0.4, -0.2) is 37.7 Å². The lowest BCUT2D eigenvalue weighted by Gasteiger charge is -2.24. The van der Waals surface area contributed by atoms with Crippen molar-refractivity contribution in [3.05, 3.63) is 30.9 Å². The van der Waals surface area contributed by atoms with Gasteiger partial charge in [0.1, 0.15) is 0 Å². The Morgan fingerprint density at radius 1 is 1.26 bits per heavy atom. The van der Waals surface area contributed by atoms with E-state index in [9.17, 15) is 4.79 Å². The SMILES string of the molecule is O=C(Nc1cnn(-c2ncccn2)c1)C1CC2CCCCC2N1. The second-order valence-electron chi connectivity index (χ2n) is 6.32. The van der Waals surface area contributed by atoms with E-state index in [4.69, 9.17) is 0 Å². The molecule has 3 atom stereocenters. The molecule has 2 N–H and O–H groups in total. The van der Waals surface area contributed by atoms with Gasteiger partial charge in [0.15, 0.2) is 0 Å². The second kappa shape index (κ2) is 6.08. The standard InChI is InChI=1S/C16H20N6O/c23-15(14-8-11-4-1-2-5-13(11)21-14)20-12-9-19-22(10-12)16-17-6-3-7-18-16/h3,6-7,9-11,13-14,21H,1-2,4-5,8H2,(H,20,23). The Morgan fingerprint density at radius 2 is 2.09 bits per heavy atom. The van der Waals surface area contributed by atoms with E-state index in [0.29, 0.717) is 23.6 Å². The summed E-state index contributed by atoms with van der Waals surface area (Å²) >= 11 is 0. The maximum absolute atomic E-state index is 12.5. The molecule has 0 aromatic carbocycles. The first-order valence-corrected chi connectivity index (χ1v) is 8.18. The van der Waals surface area contributed by atoms with E-state index >= 15 is 0 Å². The third-order valence-corrected chi connectivity index (χ3v) is 4.79. The maximum Gasteiger partial charge on any atom is 0.250 e. The first kappa shape index (κ1) is 14.3. The summed E-state index contributed by atoms with van der Waals surface area (Å²) in [5.74, 6) is 1.16. The molecule has 1 saturated carbocycles. The zero-order valence-corrected chi connectivity index (χ0v) is 12.9. The van der Waals surface area contributed by atoms with Crippen molar-refractivity contribution in [2.75, 3.05) is 5.32 Å². The Kier molecular flexibility index (Phi) is 3.78. The zero-order valence-electron chi connectivity index (χ0n) is 12.9. The van der Waals surface area contributed by atoms with E-state index < -0.39 is 0 Å². The number of rotatable bonds is 3. The first-order chi connectivity index (χ1) is 11.3. The highest BCUT2D eigenvalue weighted by atomic mass is 16.2.